The molecule has 0 heterocycles. The molecule has 0 saturated carbocycles. The molecule has 0 aliphatic heterocycles. The van der Waals surface area contributed by atoms with Gasteiger partial charge in [-0.3, -0.25) is 0 Å². The van der Waals surface area contributed by atoms with Crippen LogP contribution in [0, 0.1) is 12.7 Å². The quantitative estimate of drug-likeness (QED) is 0.887. The molecule has 1 N–H and O–H groups in total. The summed E-state index contributed by atoms with van der Waals surface area (Å²) in [5, 5.41) is 9.78. The molecule has 0 spiro atoms. The molecule has 0 saturated heterocycles. The first-order chi connectivity index (χ1) is 9.49. The maximum atomic E-state index is 13.4. The Hall–Kier alpha value is -1.39. The number of aryl methyl sites for hydroxylation is 1. The Morgan fingerprint density at radius 3 is 2.75 bits per heavy atom. The number of hydrogen-bond acceptors (Lipinski definition) is 2. The standard InChI is InChI=1S/C16H16BrFO2/c1-10-6-7-15(13(8-10)11(2)19)20-9-12-4-3-5-14(18)16(12)17/h3-8,11,19H,9H2,1-2H3. The maximum Gasteiger partial charge on any atom is 0.137 e. The summed E-state index contributed by atoms with van der Waals surface area (Å²) in [6, 6.07) is 10.5. The molecule has 106 valence electrons. The van der Waals surface area contributed by atoms with E-state index in [1.807, 2.05) is 25.1 Å². The third kappa shape index (κ3) is 3.38. The molecule has 2 aromatic rings. The van der Waals surface area contributed by atoms with Gasteiger partial charge >= 0.3 is 0 Å². The third-order valence-electron chi connectivity index (χ3n) is 3.03. The summed E-state index contributed by atoms with van der Waals surface area (Å²) in [6.07, 6.45) is -0.610. The van der Waals surface area contributed by atoms with Crippen LogP contribution in [-0.4, -0.2) is 5.11 Å². The Morgan fingerprint density at radius 1 is 1.30 bits per heavy atom. The fourth-order valence-corrected chi connectivity index (χ4v) is 2.32. The van der Waals surface area contributed by atoms with Crippen LogP contribution in [0.2, 0.25) is 0 Å². The molecule has 0 bridgehead atoms. The van der Waals surface area contributed by atoms with Crippen LogP contribution in [0.5, 0.6) is 5.75 Å². The number of aliphatic hydroxyl groups excluding tert-OH is 1. The van der Waals surface area contributed by atoms with Crippen LogP contribution in [0.15, 0.2) is 40.9 Å². The van der Waals surface area contributed by atoms with E-state index in [9.17, 15) is 9.50 Å². The van der Waals surface area contributed by atoms with Gasteiger partial charge in [0.25, 0.3) is 0 Å². The van der Waals surface area contributed by atoms with Crippen molar-refractivity contribution < 1.29 is 14.2 Å². The summed E-state index contributed by atoms with van der Waals surface area (Å²) in [5.74, 6) is 0.299. The smallest absolute Gasteiger partial charge is 0.137 e. The Labute approximate surface area is 126 Å². The molecule has 20 heavy (non-hydrogen) atoms. The van der Waals surface area contributed by atoms with Gasteiger partial charge in [-0.05, 0) is 48.0 Å². The van der Waals surface area contributed by atoms with Crippen LogP contribution in [0.4, 0.5) is 4.39 Å². The number of aliphatic hydroxyl groups is 1. The molecule has 0 amide bonds. The highest BCUT2D eigenvalue weighted by Gasteiger charge is 2.11. The van der Waals surface area contributed by atoms with E-state index >= 15 is 0 Å². The van der Waals surface area contributed by atoms with Crippen molar-refractivity contribution in [1.82, 2.24) is 0 Å². The van der Waals surface area contributed by atoms with Gasteiger partial charge in [-0.25, -0.2) is 4.39 Å². The SMILES string of the molecule is Cc1ccc(OCc2cccc(F)c2Br)c(C(C)O)c1. The molecule has 0 aliphatic rings. The largest absolute Gasteiger partial charge is 0.488 e. The first-order valence-electron chi connectivity index (χ1n) is 6.33. The van der Waals surface area contributed by atoms with Gasteiger partial charge in [-0.15, -0.1) is 0 Å². The Bertz CT molecular complexity index is 611. The Balaban J connectivity index is 2.21. The molecule has 1 atom stereocenters. The second-order valence-electron chi connectivity index (χ2n) is 4.72. The van der Waals surface area contributed by atoms with Crippen molar-refractivity contribution >= 4 is 15.9 Å². The van der Waals surface area contributed by atoms with E-state index in [0.717, 1.165) is 16.7 Å². The van der Waals surface area contributed by atoms with Crippen LogP contribution in [0.25, 0.3) is 0 Å². The summed E-state index contributed by atoms with van der Waals surface area (Å²) in [6.45, 7) is 3.89. The van der Waals surface area contributed by atoms with Gasteiger partial charge < -0.3 is 9.84 Å². The average molecular weight is 339 g/mol. The van der Waals surface area contributed by atoms with Crippen LogP contribution in [-0.2, 0) is 6.61 Å². The number of benzene rings is 2. The second kappa shape index (κ2) is 6.37. The van der Waals surface area contributed by atoms with E-state index in [0.29, 0.717) is 10.2 Å². The summed E-state index contributed by atoms with van der Waals surface area (Å²) < 4.78 is 19.5. The van der Waals surface area contributed by atoms with E-state index in [2.05, 4.69) is 15.9 Å². The van der Waals surface area contributed by atoms with E-state index < -0.39 is 6.10 Å². The minimum absolute atomic E-state index is 0.237. The van der Waals surface area contributed by atoms with E-state index in [1.165, 1.54) is 6.07 Å². The van der Waals surface area contributed by atoms with Gasteiger partial charge in [0.1, 0.15) is 18.2 Å². The minimum Gasteiger partial charge on any atom is -0.488 e. The first-order valence-corrected chi connectivity index (χ1v) is 7.12. The lowest BCUT2D eigenvalue weighted by atomic mass is 10.1. The lowest BCUT2D eigenvalue weighted by molar-refractivity contribution is 0.190. The van der Waals surface area contributed by atoms with Crippen molar-refractivity contribution in [2.24, 2.45) is 0 Å². The fraction of sp³-hybridized carbons (Fsp3) is 0.250. The van der Waals surface area contributed by atoms with Gasteiger partial charge in [0, 0.05) is 11.1 Å². The summed E-state index contributed by atoms with van der Waals surface area (Å²) >= 11 is 3.21. The van der Waals surface area contributed by atoms with E-state index in [-0.39, 0.29) is 12.4 Å². The molecule has 2 nitrogen and oxygen atoms in total. The number of hydrogen-bond donors (Lipinski definition) is 1. The normalized spacial score (nSPS) is 12.2. The molecule has 0 aromatic heterocycles. The zero-order valence-corrected chi connectivity index (χ0v) is 12.9. The number of rotatable bonds is 4. The Morgan fingerprint density at radius 2 is 2.05 bits per heavy atom. The monoisotopic (exact) mass is 338 g/mol. The molecule has 1 unspecified atom stereocenters. The van der Waals surface area contributed by atoms with Crippen molar-refractivity contribution in [2.45, 2.75) is 26.6 Å². The van der Waals surface area contributed by atoms with Gasteiger partial charge in [0.15, 0.2) is 0 Å². The topological polar surface area (TPSA) is 29.5 Å². The van der Waals surface area contributed by atoms with E-state index in [1.54, 1.807) is 19.1 Å². The maximum absolute atomic E-state index is 13.4. The van der Waals surface area contributed by atoms with Gasteiger partial charge in [-0.2, -0.15) is 0 Å². The molecular weight excluding hydrogens is 323 g/mol. The zero-order valence-electron chi connectivity index (χ0n) is 11.4. The third-order valence-corrected chi connectivity index (χ3v) is 3.92. The van der Waals surface area contributed by atoms with Crippen LogP contribution >= 0.6 is 15.9 Å². The summed E-state index contributed by atoms with van der Waals surface area (Å²) in [7, 11) is 0. The molecule has 0 fully saturated rings. The molecule has 2 rings (SSSR count). The molecule has 2 aromatic carbocycles. The van der Waals surface area contributed by atoms with Crippen molar-refractivity contribution in [3.63, 3.8) is 0 Å². The van der Waals surface area contributed by atoms with Crippen LogP contribution in [0.1, 0.15) is 29.7 Å². The fourth-order valence-electron chi connectivity index (χ4n) is 1.94. The average Bonchev–Trinajstić information content (AvgIpc) is 2.41. The van der Waals surface area contributed by atoms with Crippen molar-refractivity contribution in [3.8, 4) is 5.75 Å². The predicted octanol–water partition coefficient (Wildman–Crippen LogP) is 4.53. The summed E-state index contributed by atoms with van der Waals surface area (Å²) in [4.78, 5) is 0. The number of ether oxygens (including phenoxy) is 1. The number of halogens is 2. The van der Waals surface area contributed by atoms with Crippen molar-refractivity contribution in [1.29, 1.82) is 0 Å². The molecule has 0 aliphatic carbocycles. The van der Waals surface area contributed by atoms with Gasteiger partial charge in [0.2, 0.25) is 0 Å². The van der Waals surface area contributed by atoms with Gasteiger partial charge in [0.05, 0.1) is 10.6 Å². The second-order valence-corrected chi connectivity index (χ2v) is 5.51. The molecule has 4 heteroatoms. The predicted molar refractivity (Wildman–Crippen MR) is 80.2 cm³/mol. The zero-order chi connectivity index (χ0) is 14.7. The van der Waals surface area contributed by atoms with Crippen LogP contribution in [0.3, 0.4) is 0 Å². The van der Waals surface area contributed by atoms with Crippen LogP contribution < -0.4 is 4.74 Å². The van der Waals surface area contributed by atoms with Crippen molar-refractivity contribution in [2.75, 3.05) is 0 Å². The highest BCUT2D eigenvalue weighted by Crippen LogP contribution is 2.28. The van der Waals surface area contributed by atoms with Crippen molar-refractivity contribution in [3.05, 3.63) is 63.4 Å². The minimum atomic E-state index is -0.610. The highest BCUT2D eigenvalue weighted by molar-refractivity contribution is 9.10. The molecular formula is C16H16BrFO2. The summed E-state index contributed by atoms with van der Waals surface area (Å²) in [5.41, 5.74) is 2.51. The lowest BCUT2D eigenvalue weighted by Gasteiger charge is -2.15. The Kier molecular flexibility index (Phi) is 4.78. The first kappa shape index (κ1) is 15.0. The lowest BCUT2D eigenvalue weighted by Crippen LogP contribution is -2.02. The van der Waals surface area contributed by atoms with E-state index in [4.69, 9.17) is 4.74 Å². The van der Waals surface area contributed by atoms with Gasteiger partial charge in [-0.1, -0.05) is 23.8 Å². The highest BCUT2D eigenvalue weighted by atomic mass is 79.9. The molecule has 0 radical (unpaired) electrons.